The van der Waals surface area contributed by atoms with Crippen LogP contribution in [0.3, 0.4) is 0 Å². The van der Waals surface area contributed by atoms with Crippen molar-refractivity contribution in [1.82, 2.24) is 14.8 Å². The number of carboxylic acids is 1. The largest absolute Gasteiger partial charge is 0.480 e. The molecule has 0 aromatic carbocycles. The Hall–Kier alpha value is -1.23. The second-order valence-electron chi connectivity index (χ2n) is 11.5. The van der Waals surface area contributed by atoms with Crippen LogP contribution < -0.4 is 20.5 Å². The number of nitrogens with one attached hydrogen (secondary N) is 3. The maximum atomic E-state index is 13.5. The molecule has 3 aliphatic carbocycles. The summed E-state index contributed by atoms with van der Waals surface area (Å²) in [6, 6.07) is -2.16. The Morgan fingerprint density at radius 3 is 2.26 bits per heavy atom. The highest BCUT2D eigenvalue weighted by atomic mass is 32.2. The fraction of sp³-hybridized carbons (Fsp3) is 0.917. The zero-order valence-electron chi connectivity index (χ0n) is 20.9. The normalized spacial score (nSPS) is 30.7. The molecule has 2 bridgehead atoms. The molecule has 3 saturated carbocycles. The number of hydrogen-bond donors (Lipinski definition) is 5. The third-order valence-electron chi connectivity index (χ3n) is 9.34. The average molecular weight is 501 g/mol. The summed E-state index contributed by atoms with van der Waals surface area (Å²) in [5, 5.41) is 12.7. The lowest BCUT2D eigenvalue weighted by molar-refractivity contribution is -0.139. The van der Waals surface area contributed by atoms with Gasteiger partial charge in [-0.05, 0) is 74.2 Å². The Morgan fingerprint density at radius 2 is 1.74 bits per heavy atom. The topological polar surface area (TPSA) is 151 Å². The molecule has 10 heteroatoms. The van der Waals surface area contributed by atoms with Gasteiger partial charge < -0.3 is 16.2 Å². The van der Waals surface area contributed by atoms with Crippen LogP contribution in [0.2, 0.25) is 0 Å². The molecule has 0 heterocycles. The molecule has 0 saturated heterocycles. The van der Waals surface area contributed by atoms with E-state index in [2.05, 4.69) is 35.5 Å². The summed E-state index contributed by atoms with van der Waals surface area (Å²) in [7, 11) is -4.21. The smallest absolute Gasteiger partial charge is 0.321 e. The number of amides is 1. The van der Waals surface area contributed by atoms with Gasteiger partial charge in [0.2, 0.25) is 5.91 Å². The Bertz CT molecular complexity index is 842. The van der Waals surface area contributed by atoms with Crippen LogP contribution in [0.5, 0.6) is 0 Å². The Balaban J connectivity index is 1.73. The molecule has 0 aromatic rings. The molecule has 0 radical (unpaired) electrons. The lowest BCUT2D eigenvalue weighted by Crippen LogP contribution is -2.59. The van der Waals surface area contributed by atoms with E-state index < -0.39 is 28.3 Å². The molecule has 0 aliphatic heterocycles. The number of fused-ring (bicyclic) bond motifs is 2. The van der Waals surface area contributed by atoms with Gasteiger partial charge >= 0.3 is 5.97 Å². The van der Waals surface area contributed by atoms with Crippen LogP contribution in [0, 0.1) is 22.7 Å². The van der Waals surface area contributed by atoms with E-state index in [0.717, 1.165) is 44.9 Å². The first kappa shape index (κ1) is 27.4. The van der Waals surface area contributed by atoms with Crippen molar-refractivity contribution in [2.24, 2.45) is 28.4 Å². The number of nitrogens with two attached hydrogens (primary N) is 1. The standard InChI is InChI=1S/C24H44N4O5S/c1-23(2)17-12-13-24(23,3)19(15-17)26-21(29)20(16-9-5-4-6-10-16)28-34(32,33)27-18(22(30)31)11-7-8-14-25/h16-20,27-28H,4-15,25H2,1-3H3,(H,26,29)(H,30,31)/t17?,18-,19?,20-,24?/m0/s1. The average Bonchev–Trinajstić information content (AvgIpc) is 3.11. The lowest BCUT2D eigenvalue weighted by Gasteiger charge is -2.40. The summed E-state index contributed by atoms with van der Waals surface area (Å²) in [4.78, 5) is 25.2. The van der Waals surface area contributed by atoms with Gasteiger partial charge in [0.05, 0.1) is 0 Å². The molecular formula is C24H44N4O5S. The highest BCUT2D eigenvalue weighted by Gasteiger charge is 2.61. The minimum atomic E-state index is -4.21. The number of hydrogen-bond acceptors (Lipinski definition) is 5. The molecule has 3 aliphatic rings. The third-order valence-corrected chi connectivity index (χ3v) is 10.5. The van der Waals surface area contributed by atoms with Crippen LogP contribution in [-0.4, -0.2) is 50.1 Å². The minimum absolute atomic E-state index is 0.0142. The molecule has 196 valence electrons. The van der Waals surface area contributed by atoms with Crippen molar-refractivity contribution in [1.29, 1.82) is 0 Å². The molecule has 6 N–H and O–H groups in total. The van der Waals surface area contributed by atoms with Crippen molar-refractivity contribution in [2.75, 3.05) is 6.54 Å². The minimum Gasteiger partial charge on any atom is -0.480 e. The Labute approximate surface area is 204 Å². The Kier molecular flexibility index (Phi) is 8.69. The van der Waals surface area contributed by atoms with E-state index in [1.165, 1.54) is 6.42 Å². The van der Waals surface area contributed by atoms with E-state index in [-0.39, 0.29) is 35.1 Å². The van der Waals surface area contributed by atoms with Crippen LogP contribution in [0.4, 0.5) is 0 Å². The van der Waals surface area contributed by atoms with Crippen molar-refractivity contribution in [3.63, 3.8) is 0 Å². The summed E-state index contributed by atoms with van der Waals surface area (Å²) >= 11 is 0. The zero-order valence-corrected chi connectivity index (χ0v) is 21.8. The van der Waals surface area contributed by atoms with Crippen LogP contribution >= 0.6 is 0 Å². The third kappa shape index (κ3) is 5.77. The van der Waals surface area contributed by atoms with Crippen molar-refractivity contribution >= 4 is 22.1 Å². The van der Waals surface area contributed by atoms with Gasteiger partial charge in [0, 0.05) is 6.04 Å². The van der Waals surface area contributed by atoms with Crippen molar-refractivity contribution in [3.05, 3.63) is 0 Å². The van der Waals surface area contributed by atoms with E-state index >= 15 is 0 Å². The Morgan fingerprint density at radius 1 is 1.06 bits per heavy atom. The van der Waals surface area contributed by atoms with Crippen LogP contribution in [-0.2, 0) is 19.8 Å². The molecule has 3 fully saturated rings. The van der Waals surface area contributed by atoms with E-state index in [9.17, 15) is 23.1 Å². The summed E-state index contributed by atoms with van der Waals surface area (Å²) in [5.41, 5.74) is 5.59. The predicted molar refractivity (Wildman–Crippen MR) is 131 cm³/mol. The number of aliphatic carboxylic acids is 1. The molecule has 3 unspecified atom stereocenters. The molecule has 1 amide bonds. The van der Waals surface area contributed by atoms with Gasteiger partial charge in [0.25, 0.3) is 10.2 Å². The van der Waals surface area contributed by atoms with Gasteiger partial charge in [-0.1, -0.05) is 46.5 Å². The summed E-state index contributed by atoms with van der Waals surface area (Å²) in [6.07, 6.45) is 8.93. The first-order chi connectivity index (χ1) is 15.9. The number of unbranched alkanes of at least 4 members (excludes halogenated alkanes) is 1. The van der Waals surface area contributed by atoms with Crippen molar-refractivity contribution < 1.29 is 23.1 Å². The number of carbonyl (C=O) groups is 2. The molecule has 0 spiro atoms. The first-order valence-electron chi connectivity index (χ1n) is 12.9. The summed E-state index contributed by atoms with van der Waals surface area (Å²) < 4.78 is 30.8. The van der Waals surface area contributed by atoms with E-state index in [1.54, 1.807) is 0 Å². The second kappa shape index (κ2) is 10.8. The van der Waals surface area contributed by atoms with Gasteiger partial charge in [0.1, 0.15) is 12.1 Å². The highest BCUT2D eigenvalue weighted by molar-refractivity contribution is 7.87. The van der Waals surface area contributed by atoms with Gasteiger partial charge in [-0.2, -0.15) is 17.9 Å². The molecule has 9 nitrogen and oxygen atoms in total. The zero-order chi connectivity index (χ0) is 25.1. The van der Waals surface area contributed by atoms with Crippen molar-refractivity contribution in [2.45, 2.75) is 110 Å². The number of carbonyl (C=O) groups excluding carboxylic acids is 1. The summed E-state index contributed by atoms with van der Waals surface area (Å²) in [6.45, 7) is 7.21. The molecule has 34 heavy (non-hydrogen) atoms. The van der Waals surface area contributed by atoms with Gasteiger partial charge in [-0.25, -0.2) is 0 Å². The monoisotopic (exact) mass is 500 g/mol. The van der Waals surface area contributed by atoms with Crippen LogP contribution in [0.1, 0.15) is 91.4 Å². The molecule has 5 atom stereocenters. The first-order valence-corrected chi connectivity index (χ1v) is 14.4. The van der Waals surface area contributed by atoms with Gasteiger partial charge in [0.15, 0.2) is 0 Å². The van der Waals surface area contributed by atoms with Gasteiger partial charge in [-0.3, -0.25) is 9.59 Å². The van der Waals surface area contributed by atoms with Crippen LogP contribution in [0.15, 0.2) is 0 Å². The molecule has 0 aromatic heterocycles. The quantitative estimate of drug-likeness (QED) is 0.259. The predicted octanol–water partition coefficient (Wildman–Crippen LogP) is 2.27. The SMILES string of the molecule is CC1(C)C2CCC1(C)C(NC(=O)[C@@H](NS(=O)(=O)N[C@@H](CCCCN)C(=O)O)C1CCCCC1)C2. The molecular weight excluding hydrogens is 456 g/mol. The lowest BCUT2D eigenvalue weighted by atomic mass is 9.69. The fourth-order valence-electron chi connectivity index (χ4n) is 6.63. The van der Waals surface area contributed by atoms with Gasteiger partial charge in [-0.15, -0.1) is 0 Å². The van der Waals surface area contributed by atoms with Crippen LogP contribution in [0.25, 0.3) is 0 Å². The molecule has 3 rings (SSSR count). The maximum absolute atomic E-state index is 13.5. The van der Waals surface area contributed by atoms with E-state index in [0.29, 0.717) is 25.3 Å². The number of rotatable bonds is 12. The second-order valence-corrected chi connectivity index (χ2v) is 12.9. The summed E-state index contributed by atoms with van der Waals surface area (Å²) in [5.74, 6) is -1.08. The fourth-order valence-corrected chi connectivity index (χ4v) is 7.92. The number of carboxylic acid groups (broad SMARTS) is 1. The van der Waals surface area contributed by atoms with Crippen molar-refractivity contribution in [3.8, 4) is 0 Å². The highest BCUT2D eigenvalue weighted by Crippen LogP contribution is 2.65. The maximum Gasteiger partial charge on any atom is 0.321 e. The van der Waals surface area contributed by atoms with E-state index in [4.69, 9.17) is 5.73 Å². The van der Waals surface area contributed by atoms with E-state index in [1.807, 2.05) is 0 Å².